The molecule has 0 saturated carbocycles. The Morgan fingerprint density at radius 1 is 1.48 bits per heavy atom. The quantitative estimate of drug-likeness (QED) is 0.775. The number of aromatic nitrogens is 1. The van der Waals surface area contributed by atoms with Gasteiger partial charge < -0.3 is 15.5 Å². The summed E-state index contributed by atoms with van der Waals surface area (Å²) in [6.45, 7) is 5.81. The van der Waals surface area contributed by atoms with Crippen LogP contribution in [0.5, 0.6) is 0 Å². The Morgan fingerprint density at radius 3 is 2.81 bits per heavy atom. The van der Waals surface area contributed by atoms with E-state index in [0.717, 1.165) is 25.9 Å². The molecule has 0 bridgehead atoms. The molecule has 5 nitrogen and oxygen atoms in total. The van der Waals surface area contributed by atoms with Gasteiger partial charge in [-0.3, -0.25) is 4.79 Å². The summed E-state index contributed by atoms with van der Waals surface area (Å²) in [6.07, 6.45) is 3.40. The van der Waals surface area contributed by atoms with Crippen molar-refractivity contribution in [2.24, 2.45) is 0 Å². The van der Waals surface area contributed by atoms with Crippen molar-refractivity contribution in [2.75, 3.05) is 32.5 Å². The fourth-order valence-electron chi connectivity index (χ4n) is 1.79. The number of nitrogens with one attached hydrogen (secondary N) is 2. The van der Waals surface area contributed by atoms with Crippen LogP contribution in [0, 0.1) is 0 Å². The highest BCUT2D eigenvalue weighted by molar-refractivity contribution is 6.33. The van der Waals surface area contributed by atoms with Crippen LogP contribution in [-0.4, -0.2) is 49.0 Å². The minimum Gasteiger partial charge on any atom is -0.370 e. The minimum absolute atomic E-state index is 0.0937. The summed E-state index contributed by atoms with van der Waals surface area (Å²) < 4.78 is 0. The topological polar surface area (TPSA) is 57.3 Å². The van der Waals surface area contributed by atoms with Crippen LogP contribution in [0.2, 0.25) is 5.02 Å². The molecule has 0 aromatic carbocycles. The molecular formula is C15H25ClN4O. The van der Waals surface area contributed by atoms with Gasteiger partial charge in [0.25, 0.3) is 5.91 Å². The Bertz CT molecular complexity index is 465. The Kier molecular flexibility index (Phi) is 7.47. The van der Waals surface area contributed by atoms with Gasteiger partial charge in [0.15, 0.2) is 0 Å². The Balaban J connectivity index is 2.67. The molecule has 1 aromatic rings. The van der Waals surface area contributed by atoms with Gasteiger partial charge in [0.05, 0.1) is 10.6 Å². The van der Waals surface area contributed by atoms with Gasteiger partial charge in [-0.15, -0.1) is 0 Å². The summed E-state index contributed by atoms with van der Waals surface area (Å²) in [5.41, 5.74) is 0.460. The maximum absolute atomic E-state index is 12.3. The molecule has 0 radical (unpaired) electrons. The fraction of sp³-hybridized carbons (Fsp3) is 0.600. The zero-order valence-electron chi connectivity index (χ0n) is 13.2. The summed E-state index contributed by atoms with van der Waals surface area (Å²) in [6, 6.07) is 1.79. The van der Waals surface area contributed by atoms with E-state index in [0.29, 0.717) is 16.4 Å². The van der Waals surface area contributed by atoms with Crippen LogP contribution < -0.4 is 10.6 Å². The average molecular weight is 313 g/mol. The Labute approximate surface area is 132 Å². The summed E-state index contributed by atoms with van der Waals surface area (Å²) in [7, 11) is 4.03. The van der Waals surface area contributed by atoms with Crippen LogP contribution in [0.3, 0.4) is 0 Å². The summed E-state index contributed by atoms with van der Waals surface area (Å²) in [5.74, 6) is 0.514. The lowest BCUT2D eigenvalue weighted by Crippen LogP contribution is -2.35. The normalized spacial score (nSPS) is 12.3. The van der Waals surface area contributed by atoms with Gasteiger partial charge in [-0.05, 0) is 46.5 Å². The molecule has 0 aliphatic rings. The van der Waals surface area contributed by atoms with E-state index in [9.17, 15) is 4.79 Å². The second-order valence-corrected chi connectivity index (χ2v) is 5.85. The van der Waals surface area contributed by atoms with Crippen molar-refractivity contribution in [2.45, 2.75) is 32.7 Å². The SMILES string of the molecule is CCCNc1cc(C(=O)NC(C)CCN(C)C)c(Cl)cn1. The monoisotopic (exact) mass is 312 g/mol. The van der Waals surface area contributed by atoms with E-state index in [1.54, 1.807) is 6.07 Å². The standard InChI is InChI=1S/C15H25ClN4O/c1-5-7-17-14-9-12(13(16)10-18-14)15(21)19-11(2)6-8-20(3)4/h9-11H,5-8H2,1-4H3,(H,17,18)(H,19,21). The first-order chi connectivity index (χ1) is 9.93. The minimum atomic E-state index is -0.159. The Hall–Kier alpha value is -1.33. The van der Waals surface area contributed by atoms with E-state index >= 15 is 0 Å². The van der Waals surface area contributed by atoms with Crippen molar-refractivity contribution >= 4 is 23.3 Å². The Morgan fingerprint density at radius 2 is 2.19 bits per heavy atom. The van der Waals surface area contributed by atoms with E-state index in [1.165, 1.54) is 6.20 Å². The molecule has 118 valence electrons. The molecular weight excluding hydrogens is 288 g/mol. The van der Waals surface area contributed by atoms with Gasteiger partial charge in [-0.25, -0.2) is 4.98 Å². The number of hydrogen-bond acceptors (Lipinski definition) is 4. The molecule has 0 fully saturated rings. The fourth-order valence-corrected chi connectivity index (χ4v) is 1.98. The zero-order valence-corrected chi connectivity index (χ0v) is 14.0. The molecule has 0 aliphatic heterocycles. The lowest BCUT2D eigenvalue weighted by molar-refractivity contribution is 0.0937. The van der Waals surface area contributed by atoms with Crippen LogP contribution in [-0.2, 0) is 0 Å². The number of rotatable bonds is 8. The number of carbonyl (C=O) groups excluding carboxylic acids is 1. The van der Waals surface area contributed by atoms with Crippen molar-refractivity contribution in [3.8, 4) is 0 Å². The van der Waals surface area contributed by atoms with Gasteiger partial charge >= 0.3 is 0 Å². The van der Waals surface area contributed by atoms with Gasteiger partial charge in [0, 0.05) is 18.8 Å². The average Bonchev–Trinajstić information content (AvgIpc) is 2.44. The van der Waals surface area contributed by atoms with Crippen LogP contribution in [0.1, 0.15) is 37.0 Å². The third-order valence-corrected chi connectivity index (χ3v) is 3.34. The summed E-state index contributed by atoms with van der Waals surface area (Å²) >= 11 is 6.08. The number of amides is 1. The van der Waals surface area contributed by atoms with Crippen LogP contribution in [0.25, 0.3) is 0 Å². The number of hydrogen-bond donors (Lipinski definition) is 2. The molecule has 1 unspecified atom stereocenters. The first kappa shape index (κ1) is 17.7. The summed E-state index contributed by atoms with van der Waals surface area (Å²) in [4.78, 5) is 18.5. The number of nitrogens with zero attached hydrogens (tertiary/aromatic N) is 2. The van der Waals surface area contributed by atoms with Crippen molar-refractivity contribution in [3.05, 3.63) is 22.8 Å². The molecule has 1 aromatic heterocycles. The van der Waals surface area contributed by atoms with E-state index in [1.807, 2.05) is 21.0 Å². The molecule has 21 heavy (non-hydrogen) atoms. The van der Waals surface area contributed by atoms with E-state index < -0.39 is 0 Å². The van der Waals surface area contributed by atoms with Crippen molar-refractivity contribution in [1.82, 2.24) is 15.2 Å². The zero-order chi connectivity index (χ0) is 15.8. The maximum atomic E-state index is 12.3. The van der Waals surface area contributed by atoms with Crippen molar-refractivity contribution in [3.63, 3.8) is 0 Å². The lowest BCUT2D eigenvalue weighted by Gasteiger charge is -2.17. The third kappa shape index (κ3) is 6.31. The number of pyridine rings is 1. The molecule has 0 spiro atoms. The molecule has 1 amide bonds. The van der Waals surface area contributed by atoms with Crippen molar-refractivity contribution in [1.29, 1.82) is 0 Å². The van der Waals surface area contributed by atoms with Crippen LogP contribution in [0.4, 0.5) is 5.82 Å². The first-order valence-electron chi connectivity index (χ1n) is 7.29. The van der Waals surface area contributed by atoms with Crippen LogP contribution in [0.15, 0.2) is 12.3 Å². The molecule has 6 heteroatoms. The molecule has 2 N–H and O–H groups in total. The third-order valence-electron chi connectivity index (χ3n) is 3.04. The van der Waals surface area contributed by atoms with Crippen LogP contribution >= 0.6 is 11.6 Å². The van der Waals surface area contributed by atoms with Gasteiger partial charge in [-0.2, -0.15) is 0 Å². The molecule has 1 atom stereocenters. The lowest BCUT2D eigenvalue weighted by atomic mass is 10.2. The summed E-state index contributed by atoms with van der Waals surface area (Å²) in [5, 5.41) is 6.49. The number of anilines is 1. The van der Waals surface area contributed by atoms with Crippen molar-refractivity contribution < 1.29 is 4.79 Å². The number of halogens is 1. The smallest absolute Gasteiger partial charge is 0.253 e. The predicted molar refractivity (Wildman–Crippen MR) is 88.1 cm³/mol. The van der Waals surface area contributed by atoms with E-state index in [2.05, 4.69) is 27.4 Å². The molecule has 0 saturated heterocycles. The molecule has 1 rings (SSSR count). The van der Waals surface area contributed by atoms with Gasteiger partial charge in [0.2, 0.25) is 0 Å². The predicted octanol–water partition coefficient (Wildman–Crippen LogP) is 2.63. The highest BCUT2D eigenvalue weighted by atomic mass is 35.5. The van der Waals surface area contributed by atoms with Gasteiger partial charge in [-0.1, -0.05) is 18.5 Å². The van der Waals surface area contributed by atoms with E-state index in [-0.39, 0.29) is 11.9 Å². The molecule has 0 aliphatic carbocycles. The number of carbonyl (C=O) groups is 1. The van der Waals surface area contributed by atoms with Gasteiger partial charge in [0.1, 0.15) is 5.82 Å². The highest BCUT2D eigenvalue weighted by Gasteiger charge is 2.14. The maximum Gasteiger partial charge on any atom is 0.253 e. The largest absolute Gasteiger partial charge is 0.370 e. The molecule has 1 heterocycles. The second kappa shape index (κ2) is 8.85. The first-order valence-corrected chi connectivity index (χ1v) is 7.66. The van der Waals surface area contributed by atoms with E-state index in [4.69, 9.17) is 11.6 Å². The highest BCUT2D eigenvalue weighted by Crippen LogP contribution is 2.18. The second-order valence-electron chi connectivity index (χ2n) is 5.44.